The number of likely N-dealkylation sites (N-methyl/N-ethyl adjacent to an activating group) is 2. The lowest BCUT2D eigenvalue weighted by Crippen LogP contribution is -2.45. The maximum Gasteiger partial charge on any atom is 0.0223 e. The van der Waals surface area contributed by atoms with Crippen LogP contribution < -0.4 is 5.32 Å². The standard InChI is InChI=1S/C13H28N2/c1-5-14-13(10-15(4)11(2)3)12-8-6-7-9-12/h11-14H,5-10H2,1-4H3. The first kappa shape index (κ1) is 13.0. The Morgan fingerprint density at radius 3 is 2.33 bits per heavy atom. The number of hydrogen-bond acceptors (Lipinski definition) is 2. The van der Waals surface area contributed by atoms with Crippen molar-refractivity contribution in [2.24, 2.45) is 5.92 Å². The van der Waals surface area contributed by atoms with Crippen LogP contribution in [0.2, 0.25) is 0 Å². The summed E-state index contributed by atoms with van der Waals surface area (Å²) in [5, 5.41) is 3.67. The van der Waals surface area contributed by atoms with Gasteiger partial charge in [-0.1, -0.05) is 19.8 Å². The third-order valence-corrected chi connectivity index (χ3v) is 3.80. The van der Waals surface area contributed by atoms with Crippen molar-refractivity contribution in [3.05, 3.63) is 0 Å². The fraction of sp³-hybridized carbons (Fsp3) is 1.00. The molecule has 2 heteroatoms. The number of nitrogens with zero attached hydrogens (tertiary/aromatic N) is 1. The number of rotatable bonds is 6. The average molecular weight is 212 g/mol. The summed E-state index contributed by atoms with van der Waals surface area (Å²) in [6.07, 6.45) is 5.75. The largest absolute Gasteiger partial charge is 0.313 e. The van der Waals surface area contributed by atoms with Crippen molar-refractivity contribution in [3.8, 4) is 0 Å². The van der Waals surface area contributed by atoms with Gasteiger partial charge < -0.3 is 10.2 Å². The molecular weight excluding hydrogens is 184 g/mol. The Balaban J connectivity index is 2.41. The van der Waals surface area contributed by atoms with Gasteiger partial charge in [0.1, 0.15) is 0 Å². The molecule has 0 spiro atoms. The van der Waals surface area contributed by atoms with Gasteiger partial charge in [-0.05, 0) is 46.2 Å². The Morgan fingerprint density at radius 1 is 1.27 bits per heavy atom. The molecule has 0 aromatic heterocycles. The second-order valence-corrected chi connectivity index (χ2v) is 5.24. The predicted octanol–water partition coefficient (Wildman–Crippen LogP) is 2.49. The SMILES string of the molecule is CCNC(CN(C)C(C)C)C1CCCC1. The summed E-state index contributed by atoms with van der Waals surface area (Å²) in [4.78, 5) is 2.46. The van der Waals surface area contributed by atoms with E-state index >= 15 is 0 Å². The molecule has 1 aliphatic rings. The molecule has 0 aliphatic heterocycles. The van der Waals surface area contributed by atoms with E-state index in [-0.39, 0.29) is 0 Å². The summed E-state index contributed by atoms with van der Waals surface area (Å²) >= 11 is 0. The van der Waals surface area contributed by atoms with E-state index in [9.17, 15) is 0 Å². The van der Waals surface area contributed by atoms with E-state index in [1.165, 1.54) is 32.2 Å². The Bertz CT molecular complexity index is 162. The summed E-state index contributed by atoms with van der Waals surface area (Å²) in [7, 11) is 2.24. The topological polar surface area (TPSA) is 15.3 Å². The molecule has 0 radical (unpaired) electrons. The molecule has 1 unspecified atom stereocenters. The molecule has 0 aromatic carbocycles. The van der Waals surface area contributed by atoms with Crippen molar-refractivity contribution in [1.82, 2.24) is 10.2 Å². The van der Waals surface area contributed by atoms with Crippen LogP contribution in [0.25, 0.3) is 0 Å². The van der Waals surface area contributed by atoms with Crippen LogP contribution >= 0.6 is 0 Å². The monoisotopic (exact) mass is 212 g/mol. The molecule has 0 bridgehead atoms. The predicted molar refractivity (Wildman–Crippen MR) is 67.2 cm³/mol. The zero-order chi connectivity index (χ0) is 11.3. The van der Waals surface area contributed by atoms with E-state index in [0.717, 1.165) is 12.5 Å². The summed E-state index contributed by atoms with van der Waals surface area (Å²) in [5.74, 6) is 0.922. The molecule has 1 atom stereocenters. The normalized spacial score (nSPS) is 20.4. The van der Waals surface area contributed by atoms with E-state index in [0.29, 0.717) is 12.1 Å². The van der Waals surface area contributed by atoms with Gasteiger partial charge in [0.2, 0.25) is 0 Å². The highest BCUT2D eigenvalue weighted by molar-refractivity contribution is 4.83. The minimum atomic E-state index is 0.660. The summed E-state index contributed by atoms with van der Waals surface area (Å²) in [6, 6.07) is 1.37. The molecule has 15 heavy (non-hydrogen) atoms. The van der Waals surface area contributed by atoms with E-state index in [1.807, 2.05) is 0 Å². The van der Waals surface area contributed by atoms with Gasteiger partial charge in [-0.25, -0.2) is 0 Å². The zero-order valence-corrected chi connectivity index (χ0v) is 10.9. The quantitative estimate of drug-likeness (QED) is 0.728. The summed E-state index contributed by atoms with van der Waals surface area (Å²) in [5.41, 5.74) is 0. The molecule has 1 rings (SSSR count). The molecular formula is C13H28N2. The Morgan fingerprint density at radius 2 is 1.87 bits per heavy atom. The lowest BCUT2D eigenvalue weighted by molar-refractivity contribution is 0.209. The van der Waals surface area contributed by atoms with Crippen molar-refractivity contribution in [2.75, 3.05) is 20.1 Å². The molecule has 2 nitrogen and oxygen atoms in total. The average Bonchev–Trinajstić information content (AvgIpc) is 2.69. The maximum absolute atomic E-state index is 3.67. The van der Waals surface area contributed by atoms with Crippen molar-refractivity contribution in [2.45, 2.75) is 58.5 Å². The van der Waals surface area contributed by atoms with Crippen LogP contribution in [0.4, 0.5) is 0 Å². The van der Waals surface area contributed by atoms with Crippen molar-refractivity contribution in [3.63, 3.8) is 0 Å². The van der Waals surface area contributed by atoms with Crippen LogP contribution in [0.5, 0.6) is 0 Å². The van der Waals surface area contributed by atoms with Crippen LogP contribution in [-0.2, 0) is 0 Å². The van der Waals surface area contributed by atoms with Crippen LogP contribution in [0.3, 0.4) is 0 Å². The molecule has 0 heterocycles. The van der Waals surface area contributed by atoms with E-state index in [2.05, 4.69) is 38.0 Å². The minimum Gasteiger partial charge on any atom is -0.313 e. The van der Waals surface area contributed by atoms with Gasteiger partial charge in [0.25, 0.3) is 0 Å². The highest BCUT2D eigenvalue weighted by atomic mass is 15.1. The number of hydrogen-bond donors (Lipinski definition) is 1. The second-order valence-electron chi connectivity index (χ2n) is 5.24. The molecule has 1 fully saturated rings. The van der Waals surface area contributed by atoms with Gasteiger partial charge >= 0.3 is 0 Å². The Labute approximate surface area is 95.4 Å². The fourth-order valence-electron chi connectivity index (χ4n) is 2.52. The Kier molecular flexibility index (Phi) is 5.62. The van der Waals surface area contributed by atoms with Crippen molar-refractivity contribution >= 4 is 0 Å². The van der Waals surface area contributed by atoms with Gasteiger partial charge in [0.15, 0.2) is 0 Å². The molecule has 1 saturated carbocycles. The minimum absolute atomic E-state index is 0.660. The first-order valence-corrected chi connectivity index (χ1v) is 6.58. The molecule has 90 valence electrons. The van der Waals surface area contributed by atoms with Crippen LogP contribution in [0.15, 0.2) is 0 Å². The molecule has 0 saturated heterocycles. The van der Waals surface area contributed by atoms with Gasteiger partial charge in [-0.3, -0.25) is 0 Å². The fourth-order valence-corrected chi connectivity index (χ4v) is 2.52. The van der Waals surface area contributed by atoms with Gasteiger partial charge in [0.05, 0.1) is 0 Å². The van der Waals surface area contributed by atoms with Gasteiger partial charge in [-0.2, -0.15) is 0 Å². The van der Waals surface area contributed by atoms with E-state index < -0.39 is 0 Å². The second kappa shape index (κ2) is 6.49. The van der Waals surface area contributed by atoms with E-state index in [1.54, 1.807) is 0 Å². The smallest absolute Gasteiger partial charge is 0.0223 e. The van der Waals surface area contributed by atoms with Crippen LogP contribution in [-0.4, -0.2) is 37.1 Å². The van der Waals surface area contributed by atoms with Crippen molar-refractivity contribution < 1.29 is 0 Å². The zero-order valence-electron chi connectivity index (χ0n) is 10.9. The highest BCUT2D eigenvalue weighted by Gasteiger charge is 2.25. The maximum atomic E-state index is 3.67. The first-order valence-electron chi connectivity index (χ1n) is 6.58. The van der Waals surface area contributed by atoms with E-state index in [4.69, 9.17) is 0 Å². The number of nitrogens with one attached hydrogen (secondary N) is 1. The first-order chi connectivity index (χ1) is 7.15. The van der Waals surface area contributed by atoms with Crippen LogP contribution in [0.1, 0.15) is 46.5 Å². The molecule has 0 amide bonds. The summed E-state index contributed by atoms with van der Waals surface area (Å²) < 4.78 is 0. The van der Waals surface area contributed by atoms with Gasteiger partial charge in [-0.15, -0.1) is 0 Å². The lowest BCUT2D eigenvalue weighted by atomic mass is 9.97. The Hall–Kier alpha value is -0.0800. The third-order valence-electron chi connectivity index (χ3n) is 3.80. The van der Waals surface area contributed by atoms with Crippen molar-refractivity contribution in [1.29, 1.82) is 0 Å². The summed E-state index contributed by atoms with van der Waals surface area (Å²) in [6.45, 7) is 9.08. The van der Waals surface area contributed by atoms with Gasteiger partial charge in [0, 0.05) is 18.6 Å². The third kappa shape index (κ3) is 4.12. The molecule has 1 aliphatic carbocycles. The highest BCUT2D eigenvalue weighted by Crippen LogP contribution is 2.28. The van der Waals surface area contributed by atoms with Crippen LogP contribution in [0, 0.1) is 5.92 Å². The molecule has 0 aromatic rings. The lowest BCUT2D eigenvalue weighted by Gasteiger charge is -2.31. The molecule has 1 N–H and O–H groups in total.